The van der Waals surface area contributed by atoms with Gasteiger partial charge in [0.2, 0.25) is 5.78 Å². The Labute approximate surface area is 209 Å². The third kappa shape index (κ3) is 3.55. The number of likely N-dealkylation sites (N-methyl/N-ethyl adjacent to an activating group) is 1. The van der Waals surface area contributed by atoms with Gasteiger partial charge in [-0.15, -0.1) is 0 Å². The zero-order valence-electron chi connectivity index (χ0n) is 20.9. The predicted octanol–water partition coefficient (Wildman–Crippen LogP) is 0.806. The number of amides is 1. The van der Waals surface area contributed by atoms with Crippen LogP contribution in [0.15, 0.2) is 29.0 Å². The Morgan fingerprint density at radius 3 is 2.33 bits per heavy atom. The fraction of sp³-hybridized carbons (Fsp3) is 0.500. The molecular formula is C26H33N3O7. The number of aliphatic hydroxyl groups excluding tert-OH is 2. The molecule has 194 valence electrons. The van der Waals surface area contributed by atoms with Gasteiger partial charge in [0.25, 0.3) is 5.91 Å². The second kappa shape index (κ2) is 9.02. The predicted molar refractivity (Wildman–Crippen MR) is 131 cm³/mol. The highest BCUT2D eigenvalue weighted by atomic mass is 16.3. The fourth-order valence-corrected chi connectivity index (χ4v) is 6.14. The van der Waals surface area contributed by atoms with Crippen LogP contribution >= 0.6 is 0 Å². The first-order valence-corrected chi connectivity index (χ1v) is 12.1. The molecule has 1 saturated carbocycles. The molecule has 1 amide bonds. The topological polar surface area (TPSA) is 165 Å². The number of fused-ring (bicyclic) bond motifs is 3. The molecular weight excluding hydrogens is 466 g/mol. The molecule has 0 bridgehead atoms. The minimum absolute atomic E-state index is 0.0755. The summed E-state index contributed by atoms with van der Waals surface area (Å²) in [6.45, 7) is 6.26. The van der Waals surface area contributed by atoms with Crippen molar-refractivity contribution in [3.05, 3.63) is 45.7 Å². The number of Topliss-reactive ketones (excluding diaryl/α,β-unsaturated/α-hetero) is 2. The van der Waals surface area contributed by atoms with Crippen molar-refractivity contribution in [1.29, 1.82) is 0 Å². The average molecular weight is 500 g/mol. The standard InChI is InChI=1S/C26H33N3O7/c1-5-29(6-2)11-12-7-8-16(30)18-14(12)9-13-10-15-20(28(3)4)22(32)19(25(27)35)24(34)26(15,36)23(33)17(13)21(18)31/h7-8,13,15,20,30-31,34,36H,5-6,9-11H2,1-4H3,(H2,27,35)/t13-,15-,20-,26-/m1/s1. The Balaban J connectivity index is 1.92. The number of nitrogens with two attached hydrogens (primary N) is 1. The van der Waals surface area contributed by atoms with Gasteiger partial charge in [-0.25, -0.2) is 0 Å². The van der Waals surface area contributed by atoms with Gasteiger partial charge in [-0.1, -0.05) is 19.9 Å². The van der Waals surface area contributed by atoms with Gasteiger partial charge in [0.05, 0.1) is 11.6 Å². The molecule has 36 heavy (non-hydrogen) atoms. The van der Waals surface area contributed by atoms with Crippen LogP contribution in [0.2, 0.25) is 0 Å². The molecule has 0 radical (unpaired) electrons. The fourth-order valence-electron chi connectivity index (χ4n) is 6.14. The minimum atomic E-state index is -2.63. The number of rotatable bonds is 6. The van der Waals surface area contributed by atoms with Crippen LogP contribution in [0.3, 0.4) is 0 Å². The van der Waals surface area contributed by atoms with E-state index in [4.69, 9.17) is 5.73 Å². The Kier molecular flexibility index (Phi) is 6.48. The third-order valence-corrected chi connectivity index (χ3v) is 7.99. The lowest BCUT2D eigenvalue weighted by Gasteiger charge is -2.50. The van der Waals surface area contributed by atoms with Crippen molar-refractivity contribution < 1.29 is 34.8 Å². The number of primary amides is 1. The number of hydrogen-bond donors (Lipinski definition) is 5. The molecule has 4 atom stereocenters. The van der Waals surface area contributed by atoms with E-state index in [0.717, 1.165) is 18.7 Å². The normalized spacial score (nSPS) is 27.9. The maximum atomic E-state index is 13.8. The summed E-state index contributed by atoms with van der Waals surface area (Å²) in [5.74, 6) is -6.44. The number of aromatic hydroxyl groups is 1. The average Bonchev–Trinajstić information content (AvgIpc) is 2.80. The quantitative estimate of drug-likeness (QED) is 0.356. The second-order valence-electron chi connectivity index (χ2n) is 10.0. The lowest BCUT2D eigenvalue weighted by molar-refractivity contribution is -0.153. The summed E-state index contributed by atoms with van der Waals surface area (Å²) in [4.78, 5) is 42.7. The maximum absolute atomic E-state index is 13.8. The molecule has 0 aliphatic heterocycles. The number of aliphatic hydroxyl groups is 3. The van der Waals surface area contributed by atoms with Crippen LogP contribution in [-0.2, 0) is 27.3 Å². The van der Waals surface area contributed by atoms with Crippen molar-refractivity contribution in [3.63, 3.8) is 0 Å². The molecule has 10 heteroatoms. The first-order valence-electron chi connectivity index (χ1n) is 12.1. The highest BCUT2D eigenvalue weighted by Crippen LogP contribution is 2.52. The van der Waals surface area contributed by atoms with Gasteiger partial charge in [0.15, 0.2) is 11.4 Å². The lowest BCUT2D eigenvalue weighted by Crippen LogP contribution is -2.65. The van der Waals surface area contributed by atoms with Crippen LogP contribution in [0.5, 0.6) is 5.75 Å². The van der Waals surface area contributed by atoms with E-state index >= 15 is 0 Å². The smallest absolute Gasteiger partial charge is 0.255 e. The number of ketones is 2. The second-order valence-corrected chi connectivity index (χ2v) is 10.0. The van der Waals surface area contributed by atoms with Gasteiger partial charge in [-0.05, 0) is 63.1 Å². The van der Waals surface area contributed by atoms with Crippen LogP contribution in [-0.4, -0.2) is 86.5 Å². The molecule has 1 aromatic carbocycles. The van der Waals surface area contributed by atoms with Gasteiger partial charge in [-0.2, -0.15) is 0 Å². The maximum Gasteiger partial charge on any atom is 0.255 e. The molecule has 6 N–H and O–H groups in total. The monoisotopic (exact) mass is 499 g/mol. The van der Waals surface area contributed by atoms with E-state index < -0.39 is 58.0 Å². The number of benzene rings is 1. The van der Waals surface area contributed by atoms with E-state index in [2.05, 4.69) is 4.90 Å². The number of hydrogen-bond acceptors (Lipinski definition) is 9. The summed E-state index contributed by atoms with van der Waals surface area (Å²) >= 11 is 0. The van der Waals surface area contributed by atoms with E-state index in [0.29, 0.717) is 18.5 Å². The highest BCUT2D eigenvalue weighted by molar-refractivity contribution is 6.24. The highest BCUT2D eigenvalue weighted by Gasteiger charge is 2.64. The van der Waals surface area contributed by atoms with Crippen molar-refractivity contribution in [2.75, 3.05) is 27.2 Å². The van der Waals surface area contributed by atoms with Gasteiger partial charge in [0.1, 0.15) is 22.8 Å². The Hall–Kier alpha value is -3.21. The zero-order valence-corrected chi connectivity index (χ0v) is 20.9. The Morgan fingerprint density at radius 2 is 1.78 bits per heavy atom. The van der Waals surface area contributed by atoms with E-state index in [1.807, 2.05) is 13.8 Å². The van der Waals surface area contributed by atoms with E-state index in [1.165, 1.54) is 11.0 Å². The van der Waals surface area contributed by atoms with Gasteiger partial charge in [0, 0.05) is 18.0 Å². The first kappa shape index (κ1) is 25.9. The summed E-state index contributed by atoms with van der Waals surface area (Å²) in [6, 6.07) is 2.16. The zero-order chi connectivity index (χ0) is 26.7. The largest absolute Gasteiger partial charge is 0.508 e. The van der Waals surface area contributed by atoms with Crippen LogP contribution in [0.25, 0.3) is 5.76 Å². The summed E-state index contributed by atoms with van der Waals surface area (Å²) in [5, 5.41) is 44.4. The molecule has 0 aromatic heterocycles. The molecule has 0 saturated heterocycles. The van der Waals surface area contributed by atoms with Crippen molar-refractivity contribution in [3.8, 4) is 5.75 Å². The molecule has 0 unspecified atom stereocenters. The van der Waals surface area contributed by atoms with Gasteiger partial charge >= 0.3 is 0 Å². The first-order chi connectivity index (χ1) is 16.9. The summed E-state index contributed by atoms with van der Waals surface area (Å²) in [7, 11) is 3.15. The van der Waals surface area contributed by atoms with Crippen molar-refractivity contribution >= 4 is 23.2 Å². The van der Waals surface area contributed by atoms with E-state index in [1.54, 1.807) is 20.2 Å². The molecule has 0 spiro atoms. The molecule has 4 rings (SSSR count). The molecule has 10 nitrogen and oxygen atoms in total. The van der Waals surface area contributed by atoms with E-state index in [-0.39, 0.29) is 23.3 Å². The van der Waals surface area contributed by atoms with Crippen molar-refractivity contribution in [2.24, 2.45) is 17.6 Å². The van der Waals surface area contributed by atoms with Crippen molar-refractivity contribution in [1.82, 2.24) is 9.80 Å². The lowest BCUT2D eigenvalue weighted by atomic mass is 9.57. The Morgan fingerprint density at radius 1 is 1.14 bits per heavy atom. The van der Waals surface area contributed by atoms with Crippen LogP contribution in [0.4, 0.5) is 0 Å². The molecule has 0 heterocycles. The Bertz CT molecular complexity index is 1210. The molecule has 3 aliphatic rings. The summed E-state index contributed by atoms with van der Waals surface area (Å²) in [6.07, 6.45) is 0.367. The summed E-state index contributed by atoms with van der Waals surface area (Å²) in [5.41, 5.74) is 3.47. The summed E-state index contributed by atoms with van der Waals surface area (Å²) < 4.78 is 0. The van der Waals surface area contributed by atoms with Crippen LogP contribution < -0.4 is 5.73 Å². The third-order valence-electron chi connectivity index (χ3n) is 7.99. The molecule has 3 aliphatic carbocycles. The number of phenols is 1. The number of carbonyl (C=O) groups excluding carboxylic acids is 3. The van der Waals surface area contributed by atoms with Crippen LogP contribution in [0, 0.1) is 11.8 Å². The molecule has 1 aromatic rings. The SMILES string of the molecule is CCN(CC)Cc1ccc(O)c2c1C[C@@H]1C[C@@H]3[C@@H](N(C)C)C(=O)C(C(N)=O)=C(O)[C@]3(O)C(=O)C1=C2O. The van der Waals surface area contributed by atoms with E-state index in [9.17, 15) is 34.8 Å². The number of carbonyl (C=O) groups is 3. The van der Waals surface area contributed by atoms with Gasteiger partial charge in [-0.3, -0.25) is 24.2 Å². The minimum Gasteiger partial charge on any atom is -0.508 e. The number of nitrogens with zero attached hydrogens (tertiary/aromatic N) is 2. The number of phenolic OH excluding ortho intramolecular Hbond substituents is 1. The van der Waals surface area contributed by atoms with Crippen LogP contribution in [0.1, 0.15) is 37.0 Å². The van der Waals surface area contributed by atoms with Gasteiger partial charge < -0.3 is 26.2 Å². The molecule has 1 fully saturated rings. The van der Waals surface area contributed by atoms with Crippen molar-refractivity contribution in [2.45, 2.75) is 44.9 Å².